The number of aliphatic imine (C=N–C) groups is 1. The van der Waals surface area contributed by atoms with Gasteiger partial charge in [0.05, 0.1) is 12.3 Å². The lowest BCUT2D eigenvalue weighted by Crippen LogP contribution is -1.97. The molecule has 2 aromatic carbocycles. The van der Waals surface area contributed by atoms with Crippen molar-refractivity contribution in [3.05, 3.63) is 59.7 Å². The van der Waals surface area contributed by atoms with Crippen molar-refractivity contribution >= 4 is 11.9 Å². The summed E-state index contributed by atoms with van der Waals surface area (Å²) in [5, 5.41) is 0. The molecule has 0 unspecified atom stereocenters. The zero-order valence-corrected chi connectivity index (χ0v) is 25.6. The summed E-state index contributed by atoms with van der Waals surface area (Å²) in [5.41, 5.74) is 3.55. The number of rotatable bonds is 25. The Balaban J connectivity index is 1.51. The molecule has 0 atom stereocenters. The standard InChI is InChI=1S/C37H59NO/c1-3-5-7-9-11-13-14-15-16-17-19-21-23-34-24-28-36(29-25-34)38-33-35-26-30-37(31-27-35)39-32-22-20-18-12-10-8-6-4-2/h24-31,33H,3-23,32H2,1-2H3. The number of hydrogen-bond donors (Lipinski definition) is 0. The second-order valence-corrected chi connectivity index (χ2v) is 11.5. The maximum Gasteiger partial charge on any atom is 0.119 e. The first kappa shape index (κ1) is 33.1. The van der Waals surface area contributed by atoms with Gasteiger partial charge in [-0.3, -0.25) is 4.99 Å². The molecule has 2 nitrogen and oxygen atoms in total. The van der Waals surface area contributed by atoms with E-state index in [4.69, 9.17) is 4.74 Å². The van der Waals surface area contributed by atoms with Gasteiger partial charge in [0.1, 0.15) is 5.75 Å². The van der Waals surface area contributed by atoms with Crippen LogP contribution in [0.4, 0.5) is 5.69 Å². The summed E-state index contributed by atoms with van der Waals surface area (Å²) in [6, 6.07) is 17.1. The van der Waals surface area contributed by atoms with E-state index in [2.05, 4.69) is 67.4 Å². The lowest BCUT2D eigenvalue weighted by Gasteiger charge is -2.06. The highest BCUT2D eigenvalue weighted by Crippen LogP contribution is 2.18. The van der Waals surface area contributed by atoms with Crippen LogP contribution < -0.4 is 4.74 Å². The minimum Gasteiger partial charge on any atom is -0.494 e. The predicted molar refractivity (Wildman–Crippen MR) is 173 cm³/mol. The van der Waals surface area contributed by atoms with Gasteiger partial charge in [-0.05, 0) is 66.8 Å². The molecule has 2 rings (SSSR count). The Labute approximate surface area is 242 Å². The van der Waals surface area contributed by atoms with Crippen LogP contribution in [-0.2, 0) is 6.42 Å². The summed E-state index contributed by atoms with van der Waals surface area (Å²) in [5.74, 6) is 0.956. The third-order valence-electron chi connectivity index (χ3n) is 7.76. The second-order valence-electron chi connectivity index (χ2n) is 11.5. The Morgan fingerprint density at radius 1 is 0.513 bits per heavy atom. The molecule has 0 heterocycles. The van der Waals surface area contributed by atoms with Gasteiger partial charge in [0, 0.05) is 6.21 Å². The molecule has 0 bridgehead atoms. The Bertz CT molecular complexity index is 824. The number of aryl methyl sites for hydroxylation is 1. The van der Waals surface area contributed by atoms with Crippen molar-refractivity contribution in [1.82, 2.24) is 0 Å². The van der Waals surface area contributed by atoms with E-state index in [0.29, 0.717) is 0 Å². The normalized spacial score (nSPS) is 11.4. The molecule has 0 aliphatic carbocycles. The summed E-state index contributed by atoms with van der Waals surface area (Å²) < 4.78 is 5.92. The number of nitrogens with zero attached hydrogens (tertiary/aromatic N) is 1. The van der Waals surface area contributed by atoms with Crippen LogP contribution in [0.25, 0.3) is 0 Å². The molecule has 0 saturated carbocycles. The Morgan fingerprint density at radius 2 is 0.974 bits per heavy atom. The molecule has 0 spiro atoms. The van der Waals surface area contributed by atoms with Crippen LogP contribution in [0.5, 0.6) is 5.75 Å². The first-order valence-corrected chi connectivity index (χ1v) is 16.7. The predicted octanol–water partition coefficient (Wildman–Crippen LogP) is 12.2. The Kier molecular flexibility index (Phi) is 20.2. The zero-order valence-electron chi connectivity index (χ0n) is 25.6. The van der Waals surface area contributed by atoms with Crippen LogP contribution >= 0.6 is 0 Å². The van der Waals surface area contributed by atoms with Crippen LogP contribution in [0.3, 0.4) is 0 Å². The van der Waals surface area contributed by atoms with Crippen LogP contribution in [0.15, 0.2) is 53.5 Å². The molecule has 0 aliphatic rings. The molecule has 2 heteroatoms. The fourth-order valence-electron chi connectivity index (χ4n) is 5.14. The minimum atomic E-state index is 0.813. The third kappa shape index (κ3) is 18.0. The molecule has 39 heavy (non-hydrogen) atoms. The number of benzene rings is 2. The number of hydrogen-bond acceptors (Lipinski definition) is 2. The third-order valence-corrected chi connectivity index (χ3v) is 7.76. The maximum absolute atomic E-state index is 5.92. The van der Waals surface area contributed by atoms with Gasteiger partial charge in [-0.15, -0.1) is 0 Å². The van der Waals surface area contributed by atoms with Gasteiger partial charge in [-0.2, -0.15) is 0 Å². The van der Waals surface area contributed by atoms with E-state index in [0.717, 1.165) is 30.0 Å². The molecule has 0 amide bonds. The maximum atomic E-state index is 5.92. The van der Waals surface area contributed by atoms with E-state index in [1.54, 1.807) is 0 Å². The molecule has 0 fully saturated rings. The van der Waals surface area contributed by atoms with Gasteiger partial charge in [0.15, 0.2) is 0 Å². The highest BCUT2D eigenvalue weighted by atomic mass is 16.5. The fraction of sp³-hybridized carbons (Fsp3) is 0.649. The molecule has 0 radical (unpaired) electrons. The summed E-state index contributed by atoms with van der Waals surface area (Å²) in [4.78, 5) is 4.67. The van der Waals surface area contributed by atoms with Gasteiger partial charge in [-0.25, -0.2) is 0 Å². The van der Waals surface area contributed by atoms with Gasteiger partial charge in [0.2, 0.25) is 0 Å². The molecular weight excluding hydrogens is 474 g/mol. The molecule has 0 N–H and O–H groups in total. The lowest BCUT2D eigenvalue weighted by atomic mass is 10.0. The quantitative estimate of drug-likeness (QED) is 0.0918. The summed E-state index contributed by atoms with van der Waals surface area (Å²) in [7, 11) is 0. The molecule has 2 aromatic rings. The van der Waals surface area contributed by atoms with Crippen molar-refractivity contribution in [3.63, 3.8) is 0 Å². The van der Waals surface area contributed by atoms with Gasteiger partial charge >= 0.3 is 0 Å². The minimum absolute atomic E-state index is 0.813. The second kappa shape index (κ2) is 23.8. The largest absolute Gasteiger partial charge is 0.494 e. The topological polar surface area (TPSA) is 21.6 Å². The zero-order chi connectivity index (χ0) is 27.6. The van der Waals surface area contributed by atoms with Gasteiger partial charge in [0.25, 0.3) is 0 Å². The van der Waals surface area contributed by atoms with E-state index in [1.165, 1.54) is 134 Å². The highest BCUT2D eigenvalue weighted by molar-refractivity contribution is 5.82. The monoisotopic (exact) mass is 533 g/mol. The van der Waals surface area contributed by atoms with Gasteiger partial charge in [-0.1, -0.05) is 142 Å². The summed E-state index contributed by atoms with van der Waals surface area (Å²) in [6.07, 6.45) is 30.6. The van der Waals surface area contributed by atoms with E-state index in [1.807, 2.05) is 6.21 Å². The summed E-state index contributed by atoms with van der Waals surface area (Å²) in [6.45, 7) is 5.38. The smallest absolute Gasteiger partial charge is 0.119 e. The molecule has 218 valence electrons. The Hall–Kier alpha value is -2.09. The average Bonchev–Trinajstić information content (AvgIpc) is 2.97. The average molecular weight is 534 g/mol. The van der Waals surface area contributed by atoms with E-state index >= 15 is 0 Å². The van der Waals surface area contributed by atoms with Crippen molar-refractivity contribution in [3.8, 4) is 5.75 Å². The summed E-state index contributed by atoms with van der Waals surface area (Å²) >= 11 is 0. The van der Waals surface area contributed by atoms with E-state index in [9.17, 15) is 0 Å². The van der Waals surface area contributed by atoms with Crippen molar-refractivity contribution in [2.75, 3.05) is 6.61 Å². The van der Waals surface area contributed by atoms with Crippen molar-refractivity contribution in [2.45, 2.75) is 149 Å². The van der Waals surface area contributed by atoms with Crippen LogP contribution in [-0.4, -0.2) is 12.8 Å². The van der Waals surface area contributed by atoms with Crippen molar-refractivity contribution in [2.24, 2.45) is 4.99 Å². The molecule has 0 aromatic heterocycles. The van der Waals surface area contributed by atoms with Crippen molar-refractivity contribution in [1.29, 1.82) is 0 Å². The highest BCUT2D eigenvalue weighted by Gasteiger charge is 1.98. The van der Waals surface area contributed by atoms with Crippen LogP contribution in [0, 0.1) is 0 Å². The SMILES string of the molecule is CCCCCCCCCCCCCCc1ccc(N=Cc2ccc(OCCCCCCCCCC)cc2)cc1. The van der Waals surface area contributed by atoms with Crippen LogP contribution in [0.1, 0.15) is 153 Å². The van der Waals surface area contributed by atoms with Gasteiger partial charge < -0.3 is 4.74 Å². The lowest BCUT2D eigenvalue weighted by molar-refractivity contribution is 0.304. The van der Waals surface area contributed by atoms with E-state index < -0.39 is 0 Å². The molecular formula is C37H59NO. The van der Waals surface area contributed by atoms with Crippen molar-refractivity contribution < 1.29 is 4.74 Å². The first-order valence-electron chi connectivity index (χ1n) is 16.7. The molecule has 0 saturated heterocycles. The fourth-order valence-corrected chi connectivity index (χ4v) is 5.14. The van der Waals surface area contributed by atoms with Crippen LogP contribution in [0.2, 0.25) is 0 Å². The van der Waals surface area contributed by atoms with E-state index in [-0.39, 0.29) is 0 Å². The number of ether oxygens (including phenoxy) is 1. The number of unbranched alkanes of at least 4 members (excludes halogenated alkanes) is 18. The molecule has 0 aliphatic heterocycles. The first-order chi connectivity index (χ1) is 19.3. The Morgan fingerprint density at radius 3 is 1.49 bits per heavy atom.